The van der Waals surface area contributed by atoms with Gasteiger partial charge < -0.3 is 25.6 Å². The van der Waals surface area contributed by atoms with Crippen molar-refractivity contribution in [1.82, 2.24) is 5.32 Å². The summed E-state index contributed by atoms with van der Waals surface area (Å²) in [5.74, 6) is -0.432. The lowest BCUT2D eigenvalue weighted by molar-refractivity contribution is -0.143. The summed E-state index contributed by atoms with van der Waals surface area (Å²) in [5.41, 5.74) is 0.203. The van der Waals surface area contributed by atoms with Crippen molar-refractivity contribution >= 4 is 17.7 Å². The number of esters is 1. The highest BCUT2D eigenvalue weighted by Gasteiger charge is 2.10. The van der Waals surface area contributed by atoms with Gasteiger partial charge in [0.25, 0.3) is 0 Å². The number of urea groups is 1. The Bertz CT molecular complexity index is 519. The predicted molar refractivity (Wildman–Crippen MR) is 81.8 cm³/mol. The zero-order valence-corrected chi connectivity index (χ0v) is 12.8. The molecule has 7 heteroatoms. The minimum Gasteiger partial charge on any atom is -0.508 e. The fraction of sp³-hybridized carbons (Fsp3) is 0.467. The molecule has 0 aromatic heterocycles. The number of hydrogen-bond donors (Lipinski definition) is 4. The van der Waals surface area contributed by atoms with Crippen LogP contribution < -0.4 is 10.6 Å². The summed E-state index contributed by atoms with van der Waals surface area (Å²) < 4.78 is 4.83. The molecule has 0 radical (unpaired) electrons. The van der Waals surface area contributed by atoms with E-state index in [2.05, 4.69) is 10.6 Å². The molecule has 0 aliphatic rings. The summed E-state index contributed by atoms with van der Waals surface area (Å²) >= 11 is 0. The van der Waals surface area contributed by atoms with Crippen LogP contribution >= 0.6 is 0 Å². The van der Waals surface area contributed by atoms with Gasteiger partial charge >= 0.3 is 12.0 Å². The van der Waals surface area contributed by atoms with E-state index in [1.54, 1.807) is 6.92 Å². The van der Waals surface area contributed by atoms with Crippen LogP contribution in [0.25, 0.3) is 0 Å². The smallest absolute Gasteiger partial charge is 0.319 e. The standard InChI is InChI=1S/C15H22N2O5/c1-3-22-14(20)7-4-10(2)9-16-15(21)17-12-6-5-11(18)8-13(12)19/h5-6,8,10,18-19H,3-4,7,9H2,1-2H3,(H2,16,17,21). The number of hydrogen-bond acceptors (Lipinski definition) is 5. The number of aromatic hydroxyl groups is 2. The van der Waals surface area contributed by atoms with Crippen LogP contribution in [0, 0.1) is 5.92 Å². The third-order valence-corrected chi connectivity index (χ3v) is 2.99. The molecular weight excluding hydrogens is 288 g/mol. The van der Waals surface area contributed by atoms with Gasteiger partial charge in [0, 0.05) is 19.0 Å². The molecule has 1 aromatic carbocycles. The molecule has 122 valence electrons. The number of phenolic OH excluding ortho intramolecular Hbond substituents is 2. The van der Waals surface area contributed by atoms with E-state index in [9.17, 15) is 14.7 Å². The van der Waals surface area contributed by atoms with E-state index in [0.717, 1.165) is 6.07 Å². The van der Waals surface area contributed by atoms with Crippen LogP contribution in [0.15, 0.2) is 18.2 Å². The highest BCUT2D eigenvalue weighted by molar-refractivity contribution is 5.90. The molecule has 0 aliphatic carbocycles. The number of phenols is 2. The summed E-state index contributed by atoms with van der Waals surface area (Å²) in [6, 6.07) is 3.42. The van der Waals surface area contributed by atoms with Gasteiger partial charge in [0.05, 0.1) is 12.3 Å². The monoisotopic (exact) mass is 310 g/mol. The Morgan fingerprint density at radius 2 is 2.05 bits per heavy atom. The van der Waals surface area contributed by atoms with Crippen LogP contribution in [-0.2, 0) is 9.53 Å². The van der Waals surface area contributed by atoms with Gasteiger partial charge in [0.1, 0.15) is 11.5 Å². The largest absolute Gasteiger partial charge is 0.508 e. The zero-order chi connectivity index (χ0) is 16.5. The van der Waals surface area contributed by atoms with Crippen molar-refractivity contribution in [2.75, 3.05) is 18.5 Å². The fourth-order valence-corrected chi connectivity index (χ4v) is 1.76. The van der Waals surface area contributed by atoms with E-state index < -0.39 is 6.03 Å². The van der Waals surface area contributed by atoms with Gasteiger partial charge in [-0.2, -0.15) is 0 Å². The third kappa shape index (κ3) is 6.34. The van der Waals surface area contributed by atoms with Gasteiger partial charge in [-0.15, -0.1) is 0 Å². The summed E-state index contributed by atoms with van der Waals surface area (Å²) in [4.78, 5) is 22.9. The molecule has 0 saturated carbocycles. The first-order valence-corrected chi connectivity index (χ1v) is 7.14. The van der Waals surface area contributed by atoms with Crippen LogP contribution in [0.3, 0.4) is 0 Å². The number of ether oxygens (including phenoxy) is 1. The van der Waals surface area contributed by atoms with Gasteiger partial charge in [-0.25, -0.2) is 4.79 Å². The van der Waals surface area contributed by atoms with Gasteiger partial charge in [-0.05, 0) is 31.4 Å². The first kappa shape index (κ1) is 17.6. The van der Waals surface area contributed by atoms with Crippen molar-refractivity contribution in [2.45, 2.75) is 26.7 Å². The second kappa shape index (κ2) is 8.76. The first-order valence-electron chi connectivity index (χ1n) is 7.14. The fourth-order valence-electron chi connectivity index (χ4n) is 1.76. The second-order valence-electron chi connectivity index (χ2n) is 4.99. The maximum atomic E-state index is 11.7. The average Bonchev–Trinajstić information content (AvgIpc) is 2.46. The van der Waals surface area contributed by atoms with Crippen LogP contribution in [0.1, 0.15) is 26.7 Å². The molecule has 7 nitrogen and oxygen atoms in total. The minimum atomic E-state index is -0.469. The Hall–Kier alpha value is -2.44. The highest BCUT2D eigenvalue weighted by atomic mass is 16.5. The van der Waals surface area contributed by atoms with Crippen molar-refractivity contribution < 1.29 is 24.5 Å². The van der Waals surface area contributed by atoms with E-state index in [0.29, 0.717) is 26.0 Å². The normalized spacial score (nSPS) is 11.5. The van der Waals surface area contributed by atoms with Crippen molar-refractivity contribution in [1.29, 1.82) is 0 Å². The van der Waals surface area contributed by atoms with Gasteiger partial charge in [0.2, 0.25) is 0 Å². The number of rotatable bonds is 7. The van der Waals surface area contributed by atoms with Crippen LogP contribution in [0.2, 0.25) is 0 Å². The van der Waals surface area contributed by atoms with Crippen LogP contribution in [0.5, 0.6) is 11.5 Å². The number of nitrogens with one attached hydrogen (secondary N) is 2. The number of carbonyl (C=O) groups is 2. The number of benzene rings is 1. The molecule has 1 aromatic rings. The molecule has 22 heavy (non-hydrogen) atoms. The molecule has 0 spiro atoms. The minimum absolute atomic E-state index is 0.0870. The van der Waals surface area contributed by atoms with Gasteiger partial charge in [-0.3, -0.25) is 4.79 Å². The van der Waals surface area contributed by atoms with Gasteiger partial charge in [-0.1, -0.05) is 6.92 Å². The third-order valence-electron chi connectivity index (χ3n) is 2.99. The number of amides is 2. The van der Waals surface area contributed by atoms with E-state index in [4.69, 9.17) is 9.84 Å². The lowest BCUT2D eigenvalue weighted by atomic mass is 10.1. The topological polar surface area (TPSA) is 108 Å². The molecule has 2 amide bonds. The summed E-state index contributed by atoms with van der Waals surface area (Å²) in [7, 11) is 0. The van der Waals surface area contributed by atoms with Crippen molar-refractivity contribution in [3.8, 4) is 11.5 Å². The Labute approximate surface area is 129 Å². The van der Waals surface area contributed by atoms with E-state index >= 15 is 0 Å². The van der Waals surface area contributed by atoms with Crippen molar-refractivity contribution in [2.24, 2.45) is 5.92 Å². The van der Waals surface area contributed by atoms with Crippen molar-refractivity contribution in [3.05, 3.63) is 18.2 Å². The average molecular weight is 310 g/mol. The highest BCUT2D eigenvalue weighted by Crippen LogP contribution is 2.26. The van der Waals surface area contributed by atoms with Crippen LogP contribution in [-0.4, -0.2) is 35.4 Å². The Balaban J connectivity index is 2.32. The molecule has 1 atom stereocenters. The van der Waals surface area contributed by atoms with E-state index in [1.165, 1.54) is 12.1 Å². The Morgan fingerprint density at radius 1 is 1.32 bits per heavy atom. The summed E-state index contributed by atoms with van der Waals surface area (Å²) in [5, 5.41) is 23.9. The SMILES string of the molecule is CCOC(=O)CCC(C)CNC(=O)Nc1ccc(O)cc1O. The maximum absolute atomic E-state index is 11.7. The molecule has 0 fully saturated rings. The summed E-state index contributed by atoms with van der Waals surface area (Å²) in [6.45, 7) is 4.43. The van der Waals surface area contributed by atoms with E-state index in [1.807, 2.05) is 6.92 Å². The molecule has 0 saturated heterocycles. The van der Waals surface area contributed by atoms with Crippen molar-refractivity contribution in [3.63, 3.8) is 0 Å². The molecule has 0 bridgehead atoms. The Kier molecular flexibility index (Phi) is 7.01. The summed E-state index contributed by atoms with van der Waals surface area (Å²) in [6.07, 6.45) is 0.931. The zero-order valence-electron chi connectivity index (χ0n) is 12.8. The maximum Gasteiger partial charge on any atom is 0.319 e. The van der Waals surface area contributed by atoms with E-state index in [-0.39, 0.29) is 29.1 Å². The molecule has 0 aliphatic heterocycles. The second-order valence-corrected chi connectivity index (χ2v) is 4.99. The number of anilines is 1. The lowest BCUT2D eigenvalue weighted by Crippen LogP contribution is -2.32. The quantitative estimate of drug-likeness (QED) is 0.351. The lowest BCUT2D eigenvalue weighted by Gasteiger charge is -2.13. The molecule has 0 heterocycles. The first-order chi connectivity index (χ1) is 10.4. The molecule has 4 N–H and O–H groups in total. The number of carbonyl (C=O) groups excluding carboxylic acids is 2. The molecule has 1 unspecified atom stereocenters. The van der Waals surface area contributed by atoms with Crippen LogP contribution in [0.4, 0.5) is 10.5 Å². The Morgan fingerprint density at radius 3 is 2.68 bits per heavy atom. The van der Waals surface area contributed by atoms with Gasteiger partial charge in [0.15, 0.2) is 0 Å². The molecular formula is C15H22N2O5. The molecule has 1 rings (SSSR count). The predicted octanol–water partition coefficient (Wildman–Crippen LogP) is 2.20.